The number of halogens is 6. The summed E-state index contributed by atoms with van der Waals surface area (Å²) >= 11 is 0. The van der Waals surface area contributed by atoms with Crippen LogP contribution in [0, 0.1) is 0 Å². The predicted octanol–water partition coefficient (Wildman–Crippen LogP) is -0.0312. The maximum atomic E-state index is 12.4. The van der Waals surface area contributed by atoms with Gasteiger partial charge in [-0.05, 0) is 0 Å². The number of aliphatic hydroxyl groups is 1. The third-order valence-electron chi connectivity index (χ3n) is 0.974. The molecule has 122 valence electrons. The molecule has 0 saturated heterocycles. The number of rotatable bonds is 8. The largest absolute Gasteiger partial charge is 0.506 e. The van der Waals surface area contributed by atoms with E-state index in [4.69, 9.17) is 5.11 Å². The van der Waals surface area contributed by atoms with Crippen molar-refractivity contribution in [2.24, 2.45) is 0 Å². The van der Waals surface area contributed by atoms with Crippen LogP contribution in [-0.4, -0.2) is 46.2 Å². The number of ether oxygens (including phenoxy) is 1. The van der Waals surface area contributed by atoms with Crippen molar-refractivity contribution in [2.45, 2.75) is 19.2 Å². The Hall–Kier alpha value is -0.680. The van der Waals surface area contributed by atoms with E-state index in [-0.39, 0.29) is 0 Å². The highest BCUT2D eigenvalue weighted by molar-refractivity contribution is 8.03. The third-order valence-corrected chi connectivity index (χ3v) is 4.17. The van der Waals surface area contributed by atoms with Gasteiger partial charge in [-0.15, -0.1) is 17.6 Å². The molecule has 0 heterocycles. The molecule has 0 bridgehead atoms. The van der Waals surface area contributed by atoms with Gasteiger partial charge in [0.05, 0.1) is 0 Å². The Balaban J connectivity index is 4.93. The van der Waals surface area contributed by atoms with Crippen molar-refractivity contribution in [3.63, 3.8) is 0 Å². The van der Waals surface area contributed by atoms with Gasteiger partial charge in [-0.2, -0.15) is 29.8 Å². The second kappa shape index (κ2) is 5.98. The van der Waals surface area contributed by atoms with Gasteiger partial charge >= 0.3 is 19.2 Å². The summed E-state index contributed by atoms with van der Waals surface area (Å²) in [6.45, 7) is -3.99. The van der Waals surface area contributed by atoms with Crippen molar-refractivity contribution >= 4 is 20.2 Å². The van der Waals surface area contributed by atoms with E-state index in [1.165, 1.54) is 0 Å². The van der Waals surface area contributed by atoms with Crippen LogP contribution in [0.1, 0.15) is 0 Å². The quantitative estimate of drug-likeness (QED) is 0.365. The molecule has 16 heteroatoms. The zero-order valence-corrected chi connectivity index (χ0v) is 10.3. The van der Waals surface area contributed by atoms with Gasteiger partial charge in [0.25, 0.3) is 20.2 Å². The first kappa shape index (κ1) is 19.3. The fourth-order valence-electron chi connectivity index (χ4n) is 0.647. The van der Waals surface area contributed by atoms with Gasteiger partial charge < -0.3 is 5.11 Å². The van der Waals surface area contributed by atoms with Gasteiger partial charge in [-0.25, -0.2) is 8.92 Å². The lowest BCUT2D eigenvalue weighted by atomic mass is 11.1. The van der Waals surface area contributed by atoms with Crippen molar-refractivity contribution in [1.29, 1.82) is 0 Å². The Bertz CT molecular complexity index is 520. The highest BCUT2D eigenvalue weighted by Crippen LogP contribution is 2.28. The molecule has 0 saturated carbocycles. The smallest absolute Gasteiger partial charge is 0.311 e. The Labute approximate surface area is 107 Å². The molecule has 0 amide bonds. The molecule has 0 aromatic heterocycles. The van der Waals surface area contributed by atoms with Crippen molar-refractivity contribution in [1.82, 2.24) is 0 Å². The van der Waals surface area contributed by atoms with E-state index in [9.17, 15) is 43.2 Å². The molecule has 0 spiro atoms. The molecule has 20 heavy (non-hydrogen) atoms. The minimum Gasteiger partial charge on any atom is -0.311 e. The zero-order chi connectivity index (χ0) is 16.4. The van der Waals surface area contributed by atoms with Crippen LogP contribution in [0.15, 0.2) is 0 Å². The van der Waals surface area contributed by atoms with E-state index < -0.39 is 44.5 Å². The Morgan fingerprint density at radius 2 is 1.45 bits per heavy atom. The van der Waals surface area contributed by atoms with Gasteiger partial charge in [-0.3, -0.25) is 0 Å². The number of hydrogen-bond acceptors (Lipinski definition) is 8. The molecular weight excluding hydrogens is 354 g/mol. The van der Waals surface area contributed by atoms with Gasteiger partial charge in [-0.1, -0.05) is 0 Å². The minimum absolute atomic E-state index is 2.16. The normalized spacial score (nSPS) is 14.8. The van der Waals surface area contributed by atoms with Crippen molar-refractivity contribution in [2.75, 3.05) is 5.08 Å². The fraction of sp³-hybridized carbons (Fsp3) is 1.00. The molecular formula is C4H4F6O8S2. The molecule has 0 aliphatic heterocycles. The first-order chi connectivity index (χ1) is 8.54. The number of alkyl halides is 6. The van der Waals surface area contributed by atoms with Gasteiger partial charge in [0.15, 0.2) is 0 Å². The van der Waals surface area contributed by atoms with Crippen LogP contribution >= 0.6 is 0 Å². The Kier molecular flexibility index (Phi) is 5.77. The zero-order valence-electron chi connectivity index (χ0n) is 8.67. The maximum absolute atomic E-state index is 12.4. The minimum atomic E-state index is -5.88. The summed E-state index contributed by atoms with van der Waals surface area (Å²) in [4.78, 5) is 0. The molecule has 0 aliphatic rings. The highest BCUT2D eigenvalue weighted by Gasteiger charge is 2.49. The monoisotopic (exact) mass is 358 g/mol. The van der Waals surface area contributed by atoms with E-state index in [2.05, 4.69) is 13.1 Å². The summed E-state index contributed by atoms with van der Waals surface area (Å²) in [5, 5.41) is 5.01. The first-order valence-corrected chi connectivity index (χ1v) is 7.00. The van der Waals surface area contributed by atoms with Crippen LogP contribution in [0.4, 0.5) is 26.3 Å². The van der Waals surface area contributed by atoms with Crippen LogP contribution in [0.25, 0.3) is 0 Å². The summed E-state index contributed by atoms with van der Waals surface area (Å²) in [7, 11) is -11.4. The molecule has 0 unspecified atom stereocenters. The van der Waals surface area contributed by atoms with Crippen LogP contribution in [-0.2, 0) is 33.3 Å². The van der Waals surface area contributed by atoms with E-state index in [1.54, 1.807) is 0 Å². The fourth-order valence-corrected chi connectivity index (χ4v) is 3.03. The molecule has 1 N–H and O–H groups in total. The van der Waals surface area contributed by atoms with Crippen molar-refractivity contribution < 1.29 is 61.4 Å². The summed E-state index contributed by atoms with van der Waals surface area (Å²) < 4.78 is 121. The SMILES string of the molecule is O=S(=O)(CS(=O)(=O)OC(F)(F)OC(O)(F)F)OC(F)F. The van der Waals surface area contributed by atoms with E-state index in [1.807, 2.05) is 0 Å². The molecule has 0 radical (unpaired) electrons. The van der Waals surface area contributed by atoms with Gasteiger partial charge in [0, 0.05) is 0 Å². The van der Waals surface area contributed by atoms with Gasteiger partial charge in [0.1, 0.15) is 0 Å². The molecule has 0 fully saturated rings. The van der Waals surface area contributed by atoms with Crippen LogP contribution < -0.4 is 0 Å². The van der Waals surface area contributed by atoms with E-state index >= 15 is 0 Å². The molecule has 0 aromatic carbocycles. The van der Waals surface area contributed by atoms with E-state index in [0.717, 1.165) is 0 Å². The van der Waals surface area contributed by atoms with Crippen LogP contribution in [0.3, 0.4) is 0 Å². The molecule has 8 nitrogen and oxygen atoms in total. The maximum Gasteiger partial charge on any atom is 0.506 e. The Morgan fingerprint density at radius 1 is 1.00 bits per heavy atom. The predicted molar refractivity (Wildman–Crippen MR) is 44.1 cm³/mol. The highest BCUT2D eigenvalue weighted by atomic mass is 32.3. The molecule has 0 aliphatic carbocycles. The molecule has 0 aromatic rings. The van der Waals surface area contributed by atoms with Crippen LogP contribution in [0.2, 0.25) is 0 Å². The average Bonchev–Trinajstić information content (AvgIpc) is 1.86. The lowest BCUT2D eigenvalue weighted by molar-refractivity contribution is -0.498. The standard InChI is InChI=1S/C4H4F6O8S2/c5-2(6)16-19(12,13)1-20(14,15)18-4(9,10)17-3(7,8)11/h2,11H,1H2. The third kappa shape index (κ3) is 9.26. The van der Waals surface area contributed by atoms with Crippen molar-refractivity contribution in [3.05, 3.63) is 0 Å². The van der Waals surface area contributed by atoms with Crippen LogP contribution in [0.5, 0.6) is 0 Å². The Morgan fingerprint density at radius 3 is 1.80 bits per heavy atom. The lowest BCUT2D eigenvalue weighted by Gasteiger charge is -2.18. The van der Waals surface area contributed by atoms with Gasteiger partial charge in [0.2, 0.25) is 5.08 Å². The summed E-state index contributed by atoms with van der Waals surface area (Å²) in [6.07, 6.45) is -11.2. The number of hydrogen-bond donors (Lipinski definition) is 1. The van der Waals surface area contributed by atoms with E-state index in [0.29, 0.717) is 0 Å². The second-order valence-electron chi connectivity index (χ2n) is 2.72. The molecule has 0 atom stereocenters. The summed E-state index contributed by atoms with van der Waals surface area (Å²) in [5.74, 6) is 0. The average molecular weight is 358 g/mol. The lowest BCUT2D eigenvalue weighted by Crippen LogP contribution is -2.38. The summed E-state index contributed by atoms with van der Waals surface area (Å²) in [5.41, 5.74) is 0. The second-order valence-corrected chi connectivity index (χ2v) is 6.26. The van der Waals surface area contributed by atoms with Crippen molar-refractivity contribution in [3.8, 4) is 0 Å². The first-order valence-electron chi connectivity index (χ1n) is 3.84. The molecule has 0 rings (SSSR count). The summed E-state index contributed by atoms with van der Waals surface area (Å²) in [6, 6.07) is 0. The topological polar surface area (TPSA) is 116 Å².